The quantitative estimate of drug-likeness (QED) is 0.489. The van der Waals surface area contributed by atoms with Crippen molar-refractivity contribution >= 4 is 11.9 Å². The second-order valence-electron chi connectivity index (χ2n) is 8.16. The Morgan fingerprint density at radius 2 is 1.87 bits per heavy atom. The minimum atomic E-state index is -0.0552. The van der Waals surface area contributed by atoms with Crippen LogP contribution in [0.15, 0.2) is 53.7 Å². The van der Waals surface area contributed by atoms with Crippen LogP contribution in [-0.4, -0.2) is 33.8 Å². The van der Waals surface area contributed by atoms with Gasteiger partial charge in [0.2, 0.25) is 5.56 Å². The number of rotatable bonds is 8. The van der Waals surface area contributed by atoms with Crippen LogP contribution in [0.3, 0.4) is 0 Å². The lowest BCUT2D eigenvalue weighted by Gasteiger charge is -2.27. The van der Waals surface area contributed by atoms with Gasteiger partial charge in [-0.3, -0.25) is 4.79 Å². The Morgan fingerprint density at radius 3 is 2.48 bits per heavy atom. The van der Waals surface area contributed by atoms with Crippen molar-refractivity contribution in [3.05, 3.63) is 76.2 Å². The molecule has 3 aromatic rings. The zero-order valence-corrected chi connectivity index (χ0v) is 18.1. The number of nitrogens with one attached hydrogen (secondary N) is 3. The molecule has 1 aliphatic rings. The van der Waals surface area contributed by atoms with Gasteiger partial charge in [-0.25, -0.2) is 9.97 Å². The highest BCUT2D eigenvalue weighted by Crippen LogP contribution is 2.38. The highest BCUT2D eigenvalue weighted by Gasteiger charge is 2.27. The number of nitrogens with zero attached hydrogens (tertiary/aromatic N) is 3. The summed E-state index contributed by atoms with van der Waals surface area (Å²) in [6.07, 6.45) is 9.34. The summed E-state index contributed by atoms with van der Waals surface area (Å²) in [4.78, 5) is 20.9. The normalized spacial score (nSPS) is 15.3. The van der Waals surface area contributed by atoms with Gasteiger partial charge in [0.05, 0.1) is 6.04 Å². The first-order valence-electron chi connectivity index (χ1n) is 10.6. The second-order valence-corrected chi connectivity index (χ2v) is 8.16. The molecule has 7 heteroatoms. The van der Waals surface area contributed by atoms with Crippen molar-refractivity contribution in [3.63, 3.8) is 0 Å². The van der Waals surface area contributed by atoms with Crippen LogP contribution in [0.25, 0.3) is 11.1 Å². The average molecular weight is 417 g/mol. The predicted molar refractivity (Wildman–Crippen MR) is 124 cm³/mol. The topological polar surface area (TPSA) is 95.7 Å². The number of hydrogen-bond donors (Lipinski definition) is 3. The van der Waals surface area contributed by atoms with E-state index >= 15 is 0 Å². The summed E-state index contributed by atoms with van der Waals surface area (Å²) in [6.45, 7) is 2.11. The largest absolute Gasteiger partial charge is 0.376 e. The highest BCUT2D eigenvalue weighted by atomic mass is 16.1. The number of aryl methyl sites for hydroxylation is 1. The van der Waals surface area contributed by atoms with Gasteiger partial charge in [0.1, 0.15) is 5.82 Å². The highest BCUT2D eigenvalue weighted by molar-refractivity contribution is 5.88. The third-order valence-corrected chi connectivity index (χ3v) is 5.89. The summed E-state index contributed by atoms with van der Waals surface area (Å²) in [5.74, 6) is 1.46. The summed E-state index contributed by atoms with van der Waals surface area (Å²) in [5.41, 5.74) is 4.48. The van der Waals surface area contributed by atoms with Crippen LogP contribution in [0, 0.1) is 5.41 Å². The standard InChI is InChI=1S/C24H28N6O/c1-15(26-2)23(20-12-27-24(28-13-20)16-4-5-16)29-21-8-6-17(10-19(21)11-25)18-7-9-22(31)30(3)14-18/h6-16,23,25-26,29H,4-5H2,1-3H3/t15-,23?/m1/s1. The van der Waals surface area contributed by atoms with Crippen LogP contribution < -0.4 is 16.2 Å². The van der Waals surface area contributed by atoms with Gasteiger partial charge in [-0.1, -0.05) is 6.07 Å². The molecule has 4 rings (SSSR count). The van der Waals surface area contributed by atoms with Crippen LogP contribution >= 0.6 is 0 Å². The Morgan fingerprint density at radius 1 is 1.16 bits per heavy atom. The number of likely N-dealkylation sites (N-methyl/N-ethyl adjacent to an activating group) is 1. The molecule has 0 bridgehead atoms. The molecule has 1 saturated carbocycles. The molecule has 160 valence electrons. The molecule has 0 amide bonds. The van der Waals surface area contributed by atoms with Crippen LogP contribution in [0.4, 0.5) is 5.69 Å². The minimum absolute atomic E-state index is 0.0480. The van der Waals surface area contributed by atoms with Gasteiger partial charge in [-0.15, -0.1) is 0 Å². The van der Waals surface area contributed by atoms with Gasteiger partial charge < -0.3 is 20.6 Å². The van der Waals surface area contributed by atoms with Gasteiger partial charge in [0, 0.05) is 66.7 Å². The maximum absolute atomic E-state index is 11.7. The van der Waals surface area contributed by atoms with E-state index in [9.17, 15) is 4.79 Å². The summed E-state index contributed by atoms with van der Waals surface area (Å²) in [5, 5.41) is 14.8. The van der Waals surface area contributed by atoms with E-state index in [0.29, 0.717) is 5.92 Å². The number of anilines is 1. The van der Waals surface area contributed by atoms with Gasteiger partial charge in [0.15, 0.2) is 0 Å². The summed E-state index contributed by atoms with van der Waals surface area (Å²) in [7, 11) is 3.67. The molecule has 1 unspecified atom stereocenters. The average Bonchev–Trinajstić information content (AvgIpc) is 3.64. The number of pyridine rings is 1. The second kappa shape index (κ2) is 8.81. The van der Waals surface area contributed by atoms with Crippen molar-refractivity contribution in [1.82, 2.24) is 19.9 Å². The van der Waals surface area contributed by atoms with Crippen molar-refractivity contribution in [2.75, 3.05) is 12.4 Å². The molecule has 2 heterocycles. The van der Waals surface area contributed by atoms with Crippen LogP contribution in [0.5, 0.6) is 0 Å². The summed E-state index contributed by atoms with van der Waals surface area (Å²) >= 11 is 0. The molecule has 7 nitrogen and oxygen atoms in total. The van der Waals surface area contributed by atoms with Crippen molar-refractivity contribution in [3.8, 4) is 11.1 Å². The number of hydrogen-bond acceptors (Lipinski definition) is 6. The van der Waals surface area contributed by atoms with E-state index in [2.05, 4.69) is 27.5 Å². The maximum atomic E-state index is 11.7. The van der Waals surface area contributed by atoms with Crippen molar-refractivity contribution in [2.45, 2.75) is 37.8 Å². The first-order chi connectivity index (χ1) is 15.0. The van der Waals surface area contributed by atoms with Crippen LogP contribution in [0.2, 0.25) is 0 Å². The van der Waals surface area contributed by atoms with E-state index in [1.807, 2.05) is 49.9 Å². The summed E-state index contributed by atoms with van der Waals surface area (Å²) in [6, 6.07) is 9.38. The molecule has 2 atom stereocenters. The molecule has 2 aromatic heterocycles. The first kappa shape index (κ1) is 20.9. The van der Waals surface area contributed by atoms with Gasteiger partial charge in [-0.2, -0.15) is 0 Å². The molecule has 1 aliphatic carbocycles. The zero-order valence-electron chi connectivity index (χ0n) is 18.1. The van der Waals surface area contributed by atoms with Gasteiger partial charge in [0.25, 0.3) is 0 Å². The molecule has 1 aromatic carbocycles. The van der Waals surface area contributed by atoms with Crippen molar-refractivity contribution in [1.29, 1.82) is 5.41 Å². The van der Waals surface area contributed by atoms with Crippen molar-refractivity contribution < 1.29 is 0 Å². The fourth-order valence-electron chi connectivity index (χ4n) is 3.65. The minimum Gasteiger partial charge on any atom is -0.376 e. The Hall–Kier alpha value is -3.32. The van der Waals surface area contributed by atoms with E-state index in [1.54, 1.807) is 17.7 Å². The predicted octanol–water partition coefficient (Wildman–Crippen LogP) is 3.48. The SMILES string of the molecule is CN[C@H](C)C(Nc1ccc(-c2ccc(=O)n(C)c2)cc1C=N)c1cnc(C2CC2)nc1. The molecule has 0 spiro atoms. The van der Waals surface area contributed by atoms with Crippen LogP contribution in [-0.2, 0) is 7.05 Å². The van der Waals surface area contributed by atoms with Crippen LogP contribution in [0.1, 0.15) is 48.7 Å². The maximum Gasteiger partial charge on any atom is 0.250 e. The van der Waals surface area contributed by atoms with E-state index in [-0.39, 0.29) is 17.6 Å². The molecular formula is C24H28N6O. The van der Waals surface area contributed by atoms with Gasteiger partial charge >= 0.3 is 0 Å². The molecule has 0 radical (unpaired) electrons. The monoisotopic (exact) mass is 416 g/mol. The fraction of sp³-hybridized carbons (Fsp3) is 0.333. The van der Waals surface area contributed by atoms with E-state index < -0.39 is 0 Å². The van der Waals surface area contributed by atoms with E-state index in [0.717, 1.165) is 33.8 Å². The third-order valence-electron chi connectivity index (χ3n) is 5.89. The Balaban J connectivity index is 1.63. The Labute approximate surface area is 182 Å². The molecule has 3 N–H and O–H groups in total. The molecular weight excluding hydrogens is 388 g/mol. The van der Waals surface area contributed by atoms with Gasteiger partial charge in [-0.05, 0) is 56.1 Å². The fourth-order valence-corrected chi connectivity index (χ4v) is 3.65. The molecule has 0 saturated heterocycles. The molecule has 0 aliphatic heterocycles. The summed E-state index contributed by atoms with van der Waals surface area (Å²) < 4.78 is 1.56. The lowest BCUT2D eigenvalue weighted by Crippen LogP contribution is -2.34. The third kappa shape index (κ3) is 4.56. The van der Waals surface area contributed by atoms with E-state index in [1.165, 1.54) is 19.1 Å². The number of aromatic nitrogens is 3. The number of benzene rings is 1. The van der Waals surface area contributed by atoms with E-state index in [4.69, 9.17) is 5.41 Å². The lowest BCUT2D eigenvalue weighted by molar-refractivity contribution is 0.530. The smallest absolute Gasteiger partial charge is 0.250 e. The Bertz CT molecular complexity index is 1130. The molecule has 1 fully saturated rings. The zero-order chi connectivity index (χ0) is 22.0. The molecule has 31 heavy (non-hydrogen) atoms. The first-order valence-corrected chi connectivity index (χ1v) is 10.6. The van der Waals surface area contributed by atoms with Crippen molar-refractivity contribution in [2.24, 2.45) is 7.05 Å². The lowest BCUT2D eigenvalue weighted by atomic mass is 10.00. The Kier molecular flexibility index (Phi) is 5.95.